The number of imidazole rings is 1. The van der Waals surface area contributed by atoms with E-state index in [1.54, 1.807) is 12.1 Å². The van der Waals surface area contributed by atoms with E-state index in [0.29, 0.717) is 33.9 Å². The predicted molar refractivity (Wildman–Crippen MR) is 166 cm³/mol. The molecule has 41 heavy (non-hydrogen) atoms. The topological polar surface area (TPSA) is 76.7 Å². The van der Waals surface area contributed by atoms with Crippen LogP contribution in [0.25, 0.3) is 61.4 Å². The highest BCUT2D eigenvalue weighted by Gasteiger charge is 2.22. The molecule has 4 aromatic heterocycles. The van der Waals surface area contributed by atoms with Crippen molar-refractivity contribution in [1.29, 1.82) is 0 Å². The van der Waals surface area contributed by atoms with E-state index in [4.69, 9.17) is 9.40 Å². The molecule has 6 heteroatoms. The van der Waals surface area contributed by atoms with Crippen LogP contribution in [0, 0.1) is 0 Å². The van der Waals surface area contributed by atoms with Crippen molar-refractivity contribution < 1.29 is 4.42 Å². The lowest BCUT2D eigenvalue weighted by molar-refractivity contribution is 0.668. The van der Waals surface area contributed by atoms with Gasteiger partial charge >= 0.3 is 0 Å². The SMILES string of the molecule is CC(C)c1cccc(C(C)C)c1-n1cc(-c2ccc3oc4cccc(=O)c4c3[nH]2)nc1-c1cccc2ncccc12. The number of rotatable bonds is 5. The van der Waals surface area contributed by atoms with Crippen molar-refractivity contribution in [3.05, 3.63) is 113 Å². The van der Waals surface area contributed by atoms with Crippen LogP contribution in [0.15, 0.2) is 100 Å². The Kier molecular flexibility index (Phi) is 5.86. The van der Waals surface area contributed by atoms with Crippen LogP contribution < -0.4 is 5.43 Å². The number of benzene rings is 3. The van der Waals surface area contributed by atoms with Gasteiger partial charge in [-0.25, -0.2) is 4.98 Å². The molecule has 0 aliphatic rings. The van der Waals surface area contributed by atoms with Gasteiger partial charge in [-0.2, -0.15) is 0 Å². The predicted octanol–water partition coefficient (Wildman–Crippen LogP) is 8.59. The van der Waals surface area contributed by atoms with Crippen molar-refractivity contribution in [3.63, 3.8) is 0 Å². The molecule has 3 aromatic carbocycles. The Balaban J connectivity index is 1.55. The molecule has 4 heterocycles. The molecule has 0 amide bonds. The highest BCUT2D eigenvalue weighted by molar-refractivity contribution is 6.02. The van der Waals surface area contributed by atoms with Crippen LogP contribution in [0.2, 0.25) is 0 Å². The summed E-state index contributed by atoms with van der Waals surface area (Å²) in [6.07, 6.45) is 3.92. The first kappa shape index (κ1) is 25.0. The van der Waals surface area contributed by atoms with Crippen molar-refractivity contribution in [3.8, 4) is 28.5 Å². The molecule has 6 nitrogen and oxygen atoms in total. The lowest BCUT2D eigenvalue weighted by Crippen LogP contribution is -2.08. The number of fused-ring (bicyclic) bond motifs is 4. The first-order valence-electron chi connectivity index (χ1n) is 14.0. The number of furan rings is 1. The maximum Gasteiger partial charge on any atom is 0.191 e. The van der Waals surface area contributed by atoms with E-state index in [1.807, 2.05) is 42.6 Å². The molecule has 0 aliphatic carbocycles. The average molecular weight is 539 g/mol. The van der Waals surface area contributed by atoms with Crippen LogP contribution in [-0.2, 0) is 0 Å². The summed E-state index contributed by atoms with van der Waals surface area (Å²) in [6.45, 7) is 8.92. The maximum atomic E-state index is 12.8. The zero-order valence-electron chi connectivity index (χ0n) is 23.5. The highest BCUT2D eigenvalue weighted by atomic mass is 16.3. The van der Waals surface area contributed by atoms with Gasteiger partial charge in [0.25, 0.3) is 0 Å². The van der Waals surface area contributed by atoms with E-state index < -0.39 is 0 Å². The normalized spacial score (nSPS) is 12.0. The van der Waals surface area contributed by atoms with Crippen LogP contribution in [0.5, 0.6) is 0 Å². The fraction of sp³-hybridized carbons (Fsp3) is 0.171. The Labute approximate surface area is 237 Å². The molecule has 202 valence electrons. The second-order valence-electron chi connectivity index (χ2n) is 11.1. The van der Waals surface area contributed by atoms with E-state index in [-0.39, 0.29) is 5.43 Å². The van der Waals surface area contributed by atoms with Gasteiger partial charge in [-0.15, -0.1) is 0 Å². The third-order valence-electron chi connectivity index (χ3n) is 7.82. The second kappa shape index (κ2) is 9.59. The van der Waals surface area contributed by atoms with E-state index in [0.717, 1.165) is 39.4 Å². The molecule has 0 spiro atoms. The summed E-state index contributed by atoms with van der Waals surface area (Å²) in [6, 6.07) is 25.8. The molecule has 0 saturated heterocycles. The number of aromatic nitrogens is 4. The molecule has 7 aromatic rings. The Hall–Kier alpha value is -4.97. The average Bonchev–Trinajstić information content (AvgIpc) is 3.58. The summed E-state index contributed by atoms with van der Waals surface area (Å²) in [5, 5.41) is 1.59. The molecule has 0 unspecified atom stereocenters. The number of pyridine rings is 2. The molecule has 0 aliphatic heterocycles. The summed E-state index contributed by atoms with van der Waals surface area (Å²) in [5.74, 6) is 1.46. The van der Waals surface area contributed by atoms with E-state index in [2.05, 4.69) is 78.8 Å². The molecular weight excluding hydrogens is 508 g/mol. The lowest BCUT2D eigenvalue weighted by atomic mass is 9.92. The quantitative estimate of drug-likeness (QED) is 0.238. The highest BCUT2D eigenvalue weighted by Crippen LogP contribution is 2.38. The summed E-state index contributed by atoms with van der Waals surface area (Å²) >= 11 is 0. The molecule has 7 rings (SSSR count). The fourth-order valence-corrected chi connectivity index (χ4v) is 5.82. The Morgan fingerprint density at radius 1 is 0.805 bits per heavy atom. The van der Waals surface area contributed by atoms with E-state index in [9.17, 15) is 4.79 Å². The van der Waals surface area contributed by atoms with Gasteiger partial charge in [0.05, 0.1) is 27.8 Å². The molecule has 1 N–H and O–H groups in total. The standard InChI is InChI=1S/C35H30N4O2/c1-20(2)22-9-5-10-23(21(3)4)34(22)39-19-28(38-35(39)25-11-6-13-26-24(25)12-8-18-36-26)27-16-17-31-33(37-27)32-29(40)14-7-15-30(32)41-31/h5-21,37H,1-4H3. The van der Waals surface area contributed by atoms with Crippen molar-refractivity contribution in [2.24, 2.45) is 0 Å². The second-order valence-corrected chi connectivity index (χ2v) is 11.1. The number of para-hydroxylation sites is 1. The van der Waals surface area contributed by atoms with Gasteiger partial charge in [-0.1, -0.05) is 70.2 Å². The number of hydrogen-bond donors (Lipinski definition) is 1. The van der Waals surface area contributed by atoms with E-state index in [1.165, 1.54) is 11.1 Å². The zero-order chi connectivity index (χ0) is 28.2. The van der Waals surface area contributed by atoms with Gasteiger partial charge < -0.3 is 9.40 Å². The minimum atomic E-state index is -0.0726. The minimum absolute atomic E-state index is 0.0726. The van der Waals surface area contributed by atoms with Gasteiger partial charge in [0.15, 0.2) is 11.0 Å². The van der Waals surface area contributed by atoms with Crippen LogP contribution in [0.3, 0.4) is 0 Å². The van der Waals surface area contributed by atoms with Gasteiger partial charge in [-0.05, 0) is 59.4 Å². The lowest BCUT2D eigenvalue weighted by Gasteiger charge is -2.22. The first-order chi connectivity index (χ1) is 19.9. The van der Waals surface area contributed by atoms with Crippen LogP contribution >= 0.6 is 0 Å². The minimum Gasteiger partial charge on any atom is -0.454 e. The number of H-pyrrole nitrogens is 1. The van der Waals surface area contributed by atoms with Crippen molar-refractivity contribution in [2.45, 2.75) is 39.5 Å². The van der Waals surface area contributed by atoms with Gasteiger partial charge in [0.1, 0.15) is 17.1 Å². The first-order valence-corrected chi connectivity index (χ1v) is 14.0. The Morgan fingerprint density at radius 3 is 2.34 bits per heavy atom. The molecule has 0 atom stereocenters. The molecular formula is C35H30N4O2. The van der Waals surface area contributed by atoms with Crippen LogP contribution in [0.4, 0.5) is 0 Å². The third kappa shape index (κ3) is 4.06. The van der Waals surface area contributed by atoms with Crippen molar-refractivity contribution in [1.82, 2.24) is 19.5 Å². The summed E-state index contributed by atoms with van der Waals surface area (Å²) < 4.78 is 8.20. The summed E-state index contributed by atoms with van der Waals surface area (Å²) in [5.41, 5.74) is 8.99. The Bertz CT molecular complexity index is 2110. The zero-order valence-corrected chi connectivity index (χ0v) is 23.5. The van der Waals surface area contributed by atoms with Gasteiger partial charge in [-0.3, -0.25) is 14.3 Å². The molecule has 0 saturated carbocycles. The number of nitrogens with zero attached hydrogens (tertiary/aromatic N) is 3. The van der Waals surface area contributed by atoms with E-state index >= 15 is 0 Å². The van der Waals surface area contributed by atoms with Gasteiger partial charge in [0, 0.05) is 23.3 Å². The number of hydrogen-bond acceptors (Lipinski definition) is 4. The van der Waals surface area contributed by atoms with Crippen LogP contribution in [0.1, 0.15) is 50.7 Å². The third-order valence-corrected chi connectivity index (χ3v) is 7.82. The number of aromatic amines is 1. The largest absolute Gasteiger partial charge is 0.454 e. The molecule has 0 fully saturated rings. The smallest absolute Gasteiger partial charge is 0.191 e. The molecule has 0 radical (unpaired) electrons. The molecule has 0 bridgehead atoms. The summed E-state index contributed by atoms with van der Waals surface area (Å²) in [7, 11) is 0. The van der Waals surface area contributed by atoms with Crippen molar-refractivity contribution in [2.75, 3.05) is 0 Å². The summed E-state index contributed by atoms with van der Waals surface area (Å²) in [4.78, 5) is 26.1. The maximum absolute atomic E-state index is 12.8. The fourth-order valence-electron chi connectivity index (χ4n) is 5.82. The Morgan fingerprint density at radius 2 is 1.56 bits per heavy atom. The van der Waals surface area contributed by atoms with Crippen molar-refractivity contribution >= 4 is 33.0 Å². The van der Waals surface area contributed by atoms with Crippen LogP contribution in [-0.4, -0.2) is 19.5 Å². The monoisotopic (exact) mass is 538 g/mol. The number of nitrogens with one attached hydrogen (secondary N) is 1. The van der Waals surface area contributed by atoms with Gasteiger partial charge in [0.2, 0.25) is 0 Å².